The van der Waals surface area contributed by atoms with Gasteiger partial charge in [-0.3, -0.25) is 4.79 Å². The van der Waals surface area contributed by atoms with E-state index in [2.05, 4.69) is 5.32 Å². The molecule has 2 rings (SSSR count). The molecule has 1 N–H and O–H groups in total. The molecule has 2 aromatic carbocycles. The number of amides is 1. The quantitative estimate of drug-likeness (QED) is 0.832. The first kappa shape index (κ1) is 19.3. The van der Waals surface area contributed by atoms with E-state index in [0.717, 1.165) is 11.3 Å². The Morgan fingerprint density at radius 2 is 1.76 bits per heavy atom. The highest BCUT2D eigenvalue weighted by Gasteiger charge is 2.16. The number of halogens is 1. The molecule has 0 radical (unpaired) electrons. The van der Waals surface area contributed by atoms with Crippen LogP contribution >= 0.6 is 11.6 Å². The minimum Gasteiger partial charge on any atom is -0.377 e. The number of hydrogen-bond donors (Lipinski definition) is 1. The first-order valence-corrected chi connectivity index (χ1v) is 9.78. The van der Waals surface area contributed by atoms with Crippen molar-refractivity contribution in [1.82, 2.24) is 0 Å². The number of anilines is 2. The zero-order valence-corrected chi connectivity index (χ0v) is 16.0. The van der Waals surface area contributed by atoms with Crippen molar-refractivity contribution in [2.24, 2.45) is 0 Å². The molecule has 0 aliphatic rings. The second-order valence-corrected chi connectivity index (χ2v) is 8.51. The second kappa shape index (κ2) is 7.89. The summed E-state index contributed by atoms with van der Waals surface area (Å²) < 4.78 is 24.5. The fourth-order valence-electron chi connectivity index (χ4n) is 2.45. The molecular weight excluding hydrogens is 360 g/mol. The van der Waals surface area contributed by atoms with E-state index in [0.29, 0.717) is 10.7 Å². The predicted molar refractivity (Wildman–Crippen MR) is 102 cm³/mol. The number of sulfone groups is 1. The van der Waals surface area contributed by atoms with Gasteiger partial charge in [-0.1, -0.05) is 11.6 Å². The summed E-state index contributed by atoms with van der Waals surface area (Å²) in [5.41, 5.74) is 2.73. The molecule has 0 heterocycles. The lowest BCUT2D eigenvalue weighted by molar-refractivity contribution is -0.115. The number of carbonyl (C=O) groups is 1. The Morgan fingerprint density at radius 1 is 1.12 bits per heavy atom. The molecule has 0 aliphatic heterocycles. The van der Waals surface area contributed by atoms with E-state index >= 15 is 0 Å². The maximum Gasteiger partial charge on any atom is 0.225 e. The lowest BCUT2D eigenvalue weighted by Crippen LogP contribution is -2.18. The van der Waals surface area contributed by atoms with Crippen LogP contribution in [-0.4, -0.2) is 34.2 Å². The summed E-state index contributed by atoms with van der Waals surface area (Å²) in [4.78, 5) is 14.2. The highest BCUT2D eigenvalue weighted by Crippen LogP contribution is 2.22. The topological polar surface area (TPSA) is 66.5 Å². The molecule has 0 aromatic heterocycles. The number of carbonyl (C=O) groups excluding carboxylic acids is 1. The first-order valence-electron chi connectivity index (χ1n) is 7.75. The number of aryl methyl sites for hydroxylation is 1. The van der Waals surface area contributed by atoms with Gasteiger partial charge in [0.05, 0.1) is 10.6 Å². The van der Waals surface area contributed by atoms with Gasteiger partial charge in [-0.25, -0.2) is 8.42 Å². The predicted octanol–water partition coefficient (Wildman–Crippen LogP) is 3.52. The van der Waals surface area contributed by atoms with E-state index in [1.54, 1.807) is 6.07 Å². The molecule has 0 bridgehead atoms. The lowest BCUT2D eigenvalue weighted by atomic mass is 10.1. The second-order valence-electron chi connectivity index (χ2n) is 5.97. The van der Waals surface area contributed by atoms with Crippen LogP contribution in [0.2, 0.25) is 5.02 Å². The largest absolute Gasteiger partial charge is 0.377 e. The summed E-state index contributed by atoms with van der Waals surface area (Å²) in [6.45, 7) is 1.95. The fraction of sp³-hybridized carbons (Fsp3) is 0.278. The van der Waals surface area contributed by atoms with Gasteiger partial charge < -0.3 is 10.2 Å². The van der Waals surface area contributed by atoms with Crippen molar-refractivity contribution in [2.75, 3.05) is 30.1 Å². The van der Waals surface area contributed by atoms with E-state index in [1.165, 1.54) is 24.3 Å². The number of nitrogens with one attached hydrogen (secondary N) is 1. The third-order valence-corrected chi connectivity index (χ3v) is 5.72. The average Bonchev–Trinajstić information content (AvgIpc) is 2.53. The number of hydrogen-bond acceptors (Lipinski definition) is 4. The summed E-state index contributed by atoms with van der Waals surface area (Å²) in [7, 11) is 0.377. The standard InChI is InChI=1S/C18H21ClN2O3S/c1-13-12-15(6-9-17(13)21(2)3)20-18(22)10-11-25(23,24)16-7-4-14(19)5-8-16/h4-9,12H,10-11H2,1-3H3,(H,20,22). The molecule has 0 unspecified atom stereocenters. The fourth-order valence-corrected chi connectivity index (χ4v) is 3.81. The normalized spacial score (nSPS) is 11.2. The smallest absolute Gasteiger partial charge is 0.225 e. The zero-order chi connectivity index (χ0) is 18.6. The van der Waals surface area contributed by atoms with E-state index in [1.807, 2.05) is 38.1 Å². The Hall–Kier alpha value is -2.05. The van der Waals surface area contributed by atoms with Crippen LogP contribution in [0.25, 0.3) is 0 Å². The minimum absolute atomic E-state index is 0.112. The van der Waals surface area contributed by atoms with Gasteiger partial charge >= 0.3 is 0 Å². The van der Waals surface area contributed by atoms with Gasteiger partial charge in [0.2, 0.25) is 5.91 Å². The Kier molecular flexibility index (Phi) is 6.08. The summed E-state index contributed by atoms with van der Waals surface area (Å²) >= 11 is 5.76. The molecule has 25 heavy (non-hydrogen) atoms. The molecule has 0 saturated carbocycles. The molecular formula is C18H21ClN2O3S. The molecule has 2 aromatic rings. The third kappa shape index (κ3) is 5.21. The lowest BCUT2D eigenvalue weighted by Gasteiger charge is -2.16. The van der Waals surface area contributed by atoms with Crippen LogP contribution in [0.1, 0.15) is 12.0 Å². The summed E-state index contributed by atoms with van der Waals surface area (Å²) in [6, 6.07) is 11.5. The van der Waals surface area contributed by atoms with Crippen molar-refractivity contribution in [3.63, 3.8) is 0 Å². The Labute approximate surface area is 153 Å². The summed E-state index contributed by atoms with van der Waals surface area (Å²) in [5, 5.41) is 3.21. The summed E-state index contributed by atoms with van der Waals surface area (Å²) in [6.07, 6.45) is -0.112. The Morgan fingerprint density at radius 3 is 2.32 bits per heavy atom. The van der Waals surface area contributed by atoms with Crippen molar-refractivity contribution in [2.45, 2.75) is 18.2 Å². The monoisotopic (exact) mass is 380 g/mol. The van der Waals surface area contributed by atoms with Crippen molar-refractivity contribution >= 4 is 38.7 Å². The van der Waals surface area contributed by atoms with Gasteiger partial charge in [0.25, 0.3) is 0 Å². The van der Waals surface area contributed by atoms with E-state index < -0.39 is 9.84 Å². The molecule has 0 aliphatic carbocycles. The highest BCUT2D eigenvalue weighted by molar-refractivity contribution is 7.91. The van der Waals surface area contributed by atoms with Crippen LogP contribution in [-0.2, 0) is 14.6 Å². The van der Waals surface area contributed by atoms with E-state index in [4.69, 9.17) is 11.6 Å². The van der Waals surface area contributed by atoms with Crippen LogP contribution in [0.15, 0.2) is 47.4 Å². The first-order chi connectivity index (χ1) is 11.7. The number of benzene rings is 2. The molecule has 1 amide bonds. The van der Waals surface area contributed by atoms with Crippen LogP contribution in [0.4, 0.5) is 11.4 Å². The average molecular weight is 381 g/mol. The third-order valence-electron chi connectivity index (χ3n) is 3.73. The molecule has 0 spiro atoms. The molecule has 0 fully saturated rings. The van der Waals surface area contributed by atoms with Gasteiger partial charge in [0, 0.05) is 36.9 Å². The van der Waals surface area contributed by atoms with Crippen LogP contribution in [0, 0.1) is 6.92 Å². The van der Waals surface area contributed by atoms with Crippen LogP contribution < -0.4 is 10.2 Å². The molecule has 7 heteroatoms. The molecule has 5 nitrogen and oxygen atoms in total. The maximum atomic E-state index is 12.2. The van der Waals surface area contributed by atoms with Gasteiger partial charge in [-0.05, 0) is 55.0 Å². The van der Waals surface area contributed by atoms with Crippen LogP contribution in [0.3, 0.4) is 0 Å². The summed E-state index contributed by atoms with van der Waals surface area (Å²) in [5.74, 6) is -0.593. The number of nitrogens with zero attached hydrogens (tertiary/aromatic N) is 1. The Balaban J connectivity index is 1.98. The molecule has 134 valence electrons. The van der Waals surface area contributed by atoms with Crippen molar-refractivity contribution in [1.29, 1.82) is 0 Å². The maximum absolute atomic E-state index is 12.2. The van der Waals surface area contributed by atoms with Gasteiger partial charge in [0.1, 0.15) is 0 Å². The van der Waals surface area contributed by atoms with Gasteiger partial charge in [-0.2, -0.15) is 0 Å². The van der Waals surface area contributed by atoms with E-state index in [9.17, 15) is 13.2 Å². The van der Waals surface area contributed by atoms with Crippen molar-refractivity contribution in [3.8, 4) is 0 Å². The zero-order valence-electron chi connectivity index (χ0n) is 14.4. The SMILES string of the molecule is Cc1cc(NC(=O)CCS(=O)(=O)c2ccc(Cl)cc2)ccc1N(C)C. The van der Waals surface area contributed by atoms with Crippen molar-refractivity contribution in [3.05, 3.63) is 53.1 Å². The van der Waals surface area contributed by atoms with Crippen LogP contribution in [0.5, 0.6) is 0 Å². The minimum atomic E-state index is -3.52. The van der Waals surface area contributed by atoms with E-state index in [-0.39, 0.29) is 23.0 Å². The number of rotatable bonds is 6. The molecule has 0 saturated heterocycles. The highest BCUT2D eigenvalue weighted by atomic mass is 35.5. The van der Waals surface area contributed by atoms with Gasteiger partial charge in [-0.15, -0.1) is 0 Å². The van der Waals surface area contributed by atoms with Crippen molar-refractivity contribution < 1.29 is 13.2 Å². The Bertz CT molecular complexity index is 862. The van der Waals surface area contributed by atoms with Gasteiger partial charge in [0.15, 0.2) is 9.84 Å². The molecule has 0 atom stereocenters.